The third-order valence-corrected chi connectivity index (χ3v) is 10.7. The van der Waals surface area contributed by atoms with Crippen LogP contribution in [0.3, 0.4) is 0 Å². The Balaban J connectivity index is 1.44. The zero-order valence-corrected chi connectivity index (χ0v) is 22.3. The highest BCUT2D eigenvalue weighted by Gasteiger charge is 2.79. The van der Waals surface area contributed by atoms with Gasteiger partial charge in [0.05, 0.1) is 0 Å². The molecule has 0 unspecified atom stereocenters. The van der Waals surface area contributed by atoms with Crippen molar-refractivity contribution in [2.75, 3.05) is 13.1 Å². The number of hydrogen-bond acceptors (Lipinski definition) is 3. The van der Waals surface area contributed by atoms with Gasteiger partial charge in [-0.1, -0.05) is 36.8 Å². The second-order valence-electron chi connectivity index (χ2n) is 12.7. The monoisotopic (exact) mass is 549 g/mol. The number of carbonyl (C=O) groups excluding carboxylic acids is 1. The first-order valence-electron chi connectivity index (χ1n) is 14.3. The standard InChI is InChI=1S/C31H36F5NO2/c1-28-17-25(20-6-4-19(5-7-20)18-37-14-2-3-15-37)27-23-11-9-22(38)16-21(23)8-10-24(27)26(28)12-13-29(28,39)30(32,33)31(34,35)36/h4-7,16,24-26,39H,2-3,8-15,17-18H2,1H3/t24-,25+,26-,28-,29-/m0/s1. The van der Waals surface area contributed by atoms with Crippen LogP contribution in [-0.2, 0) is 11.3 Å². The molecule has 4 aliphatic carbocycles. The van der Waals surface area contributed by atoms with Crippen molar-refractivity contribution in [2.24, 2.45) is 17.3 Å². The second-order valence-corrected chi connectivity index (χ2v) is 12.7. The zero-order valence-electron chi connectivity index (χ0n) is 22.3. The zero-order chi connectivity index (χ0) is 27.8. The summed E-state index contributed by atoms with van der Waals surface area (Å²) in [4.78, 5) is 14.6. The van der Waals surface area contributed by atoms with Crippen molar-refractivity contribution in [3.05, 3.63) is 58.2 Å². The molecule has 3 nitrogen and oxygen atoms in total. The number of carbonyl (C=O) groups is 1. The Bertz CT molecular complexity index is 1210. The minimum Gasteiger partial charge on any atom is -0.383 e. The van der Waals surface area contributed by atoms with E-state index in [1.165, 1.54) is 19.8 Å². The quantitative estimate of drug-likeness (QED) is 0.407. The van der Waals surface area contributed by atoms with Gasteiger partial charge in [0, 0.05) is 24.3 Å². The molecule has 1 heterocycles. The first-order chi connectivity index (χ1) is 18.4. The average Bonchev–Trinajstić information content (AvgIpc) is 3.49. The highest BCUT2D eigenvalue weighted by Crippen LogP contribution is 2.70. The summed E-state index contributed by atoms with van der Waals surface area (Å²) in [7, 11) is 0. The van der Waals surface area contributed by atoms with Crippen LogP contribution in [0, 0.1) is 17.3 Å². The van der Waals surface area contributed by atoms with Gasteiger partial charge in [-0.3, -0.25) is 9.69 Å². The molecule has 0 radical (unpaired) electrons. The number of halogens is 5. The Kier molecular flexibility index (Phi) is 6.42. The summed E-state index contributed by atoms with van der Waals surface area (Å²) in [5, 5.41) is 11.4. The molecule has 0 amide bonds. The van der Waals surface area contributed by atoms with Crippen LogP contribution in [0.4, 0.5) is 22.0 Å². The van der Waals surface area contributed by atoms with Gasteiger partial charge >= 0.3 is 12.1 Å². The van der Waals surface area contributed by atoms with E-state index in [4.69, 9.17) is 0 Å². The summed E-state index contributed by atoms with van der Waals surface area (Å²) in [6.07, 6.45) is -0.0476. The van der Waals surface area contributed by atoms with E-state index in [2.05, 4.69) is 4.90 Å². The Morgan fingerprint density at radius 2 is 1.69 bits per heavy atom. The van der Waals surface area contributed by atoms with Crippen LogP contribution in [0.1, 0.15) is 81.8 Å². The SMILES string of the molecule is C[C@]12C[C@H](c3ccc(CN4CCCC4)cc3)C3=C4CCC(=O)C=C4CC[C@H]3[C@@H]1CC[C@@]2(O)C(F)(F)C(F)(F)F. The van der Waals surface area contributed by atoms with Crippen LogP contribution in [0.25, 0.3) is 0 Å². The number of fused-ring (bicyclic) bond motifs is 4. The smallest absolute Gasteiger partial charge is 0.383 e. The van der Waals surface area contributed by atoms with Gasteiger partial charge in [0.25, 0.3) is 0 Å². The number of alkyl halides is 5. The molecule has 212 valence electrons. The molecule has 5 aliphatic rings. The number of hydrogen-bond donors (Lipinski definition) is 1. The summed E-state index contributed by atoms with van der Waals surface area (Å²) in [5.74, 6) is -6.21. The second kappa shape index (κ2) is 9.23. The molecule has 1 N–H and O–H groups in total. The van der Waals surface area contributed by atoms with Gasteiger partial charge < -0.3 is 5.11 Å². The molecule has 0 aromatic heterocycles. The number of rotatable bonds is 4. The first-order valence-corrected chi connectivity index (χ1v) is 14.3. The highest BCUT2D eigenvalue weighted by molar-refractivity contribution is 5.93. The van der Waals surface area contributed by atoms with Crippen LogP contribution in [-0.4, -0.2) is 46.6 Å². The topological polar surface area (TPSA) is 40.5 Å². The predicted molar refractivity (Wildman–Crippen MR) is 137 cm³/mol. The van der Waals surface area contributed by atoms with Crippen molar-refractivity contribution in [1.82, 2.24) is 4.90 Å². The van der Waals surface area contributed by atoms with Crippen LogP contribution in [0.2, 0.25) is 0 Å². The maximum Gasteiger partial charge on any atom is 0.456 e. The van der Waals surface area contributed by atoms with Crippen molar-refractivity contribution in [1.29, 1.82) is 0 Å². The lowest BCUT2D eigenvalue weighted by molar-refractivity contribution is -0.362. The van der Waals surface area contributed by atoms with Crippen LogP contribution in [0.15, 0.2) is 47.1 Å². The molecule has 5 atom stereocenters. The van der Waals surface area contributed by atoms with Crippen molar-refractivity contribution in [3.8, 4) is 0 Å². The number of likely N-dealkylation sites (tertiary alicyclic amines) is 1. The van der Waals surface area contributed by atoms with Gasteiger partial charge in [-0.05, 0) is 105 Å². The fourth-order valence-electron chi connectivity index (χ4n) is 8.77. The summed E-state index contributed by atoms with van der Waals surface area (Å²) >= 11 is 0. The lowest BCUT2D eigenvalue weighted by Crippen LogP contribution is -2.65. The fraction of sp³-hybridized carbons (Fsp3) is 0.645. The average molecular weight is 550 g/mol. The van der Waals surface area contributed by atoms with Crippen LogP contribution < -0.4 is 0 Å². The number of ketones is 1. The maximum absolute atomic E-state index is 15.1. The molecule has 1 aliphatic heterocycles. The molecular formula is C31H36F5NO2. The van der Waals surface area contributed by atoms with Crippen molar-refractivity contribution in [2.45, 2.75) is 94.9 Å². The third kappa shape index (κ3) is 4.06. The van der Waals surface area contributed by atoms with Crippen molar-refractivity contribution >= 4 is 5.78 Å². The van der Waals surface area contributed by atoms with E-state index in [9.17, 15) is 23.1 Å². The summed E-state index contributed by atoms with van der Waals surface area (Å²) in [6.45, 7) is 4.41. The van der Waals surface area contributed by atoms with Gasteiger partial charge in [0.15, 0.2) is 5.78 Å². The Hall–Kier alpha value is -2.06. The first kappa shape index (κ1) is 27.1. The summed E-state index contributed by atoms with van der Waals surface area (Å²) in [6, 6.07) is 8.06. The molecule has 0 spiro atoms. The fourth-order valence-corrected chi connectivity index (χ4v) is 8.77. The van der Waals surface area contributed by atoms with E-state index < -0.39 is 41.4 Å². The normalized spacial score (nSPS) is 35.5. The molecule has 8 heteroatoms. The van der Waals surface area contributed by atoms with E-state index in [-0.39, 0.29) is 24.5 Å². The van der Waals surface area contributed by atoms with Gasteiger partial charge in [-0.25, -0.2) is 0 Å². The lowest BCUT2D eigenvalue weighted by atomic mass is 9.50. The van der Waals surface area contributed by atoms with Crippen LogP contribution >= 0.6 is 0 Å². The van der Waals surface area contributed by atoms with E-state index >= 15 is 8.78 Å². The molecule has 39 heavy (non-hydrogen) atoms. The largest absolute Gasteiger partial charge is 0.456 e. The summed E-state index contributed by atoms with van der Waals surface area (Å²) in [5.41, 5.74) is 0.423. The molecule has 0 bridgehead atoms. The van der Waals surface area contributed by atoms with E-state index in [0.717, 1.165) is 47.5 Å². The third-order valence-electron chi connectivity index (χ3n) is 10.7. The van der Waals surface area contributed by atoms with Crippen molar-refractivity contribution < 1.29 is 31.9 Å². The minimum atomic E-state index is -5.84. The minimum absolute atomic E-state index is 0.0157. The van der Waals surface area contributed by atoms with Crippen molar-refractivity contribution in [3.63, 3.8) is 0 Å². The van der Waals surface area contributed by atoms with Crippen LogP contribution in [0.5, 0.6) is 0 Å². The summed E-state index contributed by atoms with van der Waals surface area (Å²) < 4.78 is 71.4. The molecule has 1 aromatic carbocycles. The molecule has 6 rings (SSSR count). The van der Waals surface area contributed by atoms with Gasteiger partial charge in [0.2, 0.25) is 0 Å². The van der Waals surface area contributed by atoms with E-state index in [1.54, 1.807) is 6.08 Å². The molecule has 2 saturated carbocycles. The van der Waals surface area contributed by atoms with E-state index in [0.29, 0.717) is 25.7 Å². The van der Waals surface area contributed by atoms with Gasteiger partial charge in [-0.15, -0.1) is 0 Å². The number of nitrogens with zero attached hydrogens (tertiary/aromatic N) is 1. The number of aliphatic hydroxyl groups is 1. The highest BCUT2D eigenvalue weighted by atomic mass is 19.4. The molecular weight excluding hydrogens is 513 g/mol. The Morgan fingerprint density at radius 3 is 2.36 bits per heavy atom. The van der Waals surface area contributed by atoms with E-state index in [1.807, 2.05) is 24.3 Å². The molecule has 3 fully saturated rings. The number of benzene rings is 1. The van der Waals surface area contributed by atoms with Gasteiger partial charge in [0.1, 0.15) is 5.60 Å². The Morgan fingerprint density at radius 1 is 1.00 bits per heavy atom. The predicted octanol–water partition coefficient (Wildman–Crippen LogP) is 7.11. The Labute approximate surface area is 226 Å². The number of allylic oxidation sites excluding steroid dienone is 4. The van der Waals surface area contributed by atoms with Gasteiger partial charge in [-0.2, -0.15) is 22.0 Å². The maximum atomic E-state index is 15.1. The molecule has 1 saturated heterocycles. The molecule has 1 aromatic rings. The lowest BCUT2D eigenvalue weighted by Gasteiger charge is -2.56.